The van der Waals surface area contributed by atoms with E-state index in [-0.39, 0.29) is 24.6 Å². The van der Waals surface area contributed by atoms with Crippen molar-refractivity contribution in [1.82, 2.24) is 4.90 Å². The third-order valence-electron chi connectivity index (χ3n) is 2.52. The molecule has 0 aliphatic carbocycles. The van der Waals surface area contributed by atoms with Crippen LogP contribution in [-0.4, -0.2) is 42.4 Å². The Balaban J connectivity index is 2.61. The first-order chi connectivity index (χ1) is 8.93. The van der Waals surface area contributed by atoms with E-state index in [0.717, 1.165) is 0 Å². The zero-order valence-electron chi connectivity index (χ0n) is 10.7. The third-order valence-corrected chi connectivity index (χ3v) is 2.52. The fourth-order valence-electron chi connectivity index (χ4n) is 1.39. The normalized spacial score (nSPS) is 9.79. The summed E-state index contributed by atoms with van der Waals surface area (Å²) in [4.78, 5) is 34.0. The number of nitrogens with zero attached hydrogens (tertiary/aromatic N) is 2. The van der Waals surface area contributed by atoms with Gasteiger partial charge in [0.1, 0.15) is 6.54 Å². The molecule has 0 saturated heterocycles. The van der Waals surface area contributed by atoms with Crippen LogP contribution < -0.4 is 0 Å². The minimum absolute atomic E-state index is 0.0286. The highest BCUT2D eigenvalue weighted by Gasteiger charge is 2.14. The Hall–Kier alpha value is -2.44. The molecule has 1 aromatic carbocycles. The van der Waals surface area contributed by atoms with E-state index in [1.807, 2.05) is 0 Å². The number of carbonyl (C=O) groups is 2. The standard InChI is InChI=1S/C12H14N2O5/c1-13(8-12(16)19-2)11(15)7-9-3-5-10(6-4-9)14(17)18/h3-6H,7-8H2,1-2H3. The van der Waals surface area contributed by atoms with E-state index >= 15 is 0 Å². The maximum atomic E-state index is 11.8. The molecule has 0 bridgehead atoms. The van der Waals surface area contributed by atoms with Gasteiger partial charge in [0.2, 0.25) is 5.91 Å². The Morgan fingerprint density at radius 1 is 1.32 bits per heavy atom. The molecule has 0 aromatic heterocycles. The molecule has 1 aromatic rings. The summed E-state index contributed by atoms with van der Waals surface area (Å²) in [6, 6.07) is 5.70. The molecule has 7 heteroatoms. The van der Waals surface area contributed by atoms with Crippen LogP contribution >= 0.6 is 0 Å². The van der Waals surface area contributed by atoms with Crippen molar-refractivity contribution < 1.29 is 19.2 Å². The summed E-state index contributed by atoms with van der Waals surface area (Å²) < 4.78 is 4.46. The van der Waals surface area contributed by atoms with Crippen molar-refractivity contribution >= 4 is 17.6 Å². The number of benzene rings is 1. The molecule has 0 atom stereocenters. The summed E-state index contributed by atoms with van der Waals surface area (Å²) >= 11 is 0. The summed E-state index contributed by atoms with van der Waals surface area (Å²) in [5.74, 6) is -0.765. The van der Waals surface area contributed by atoms with Crippen molar-refractivity contribution in [2.45, 2.75) is 6.42 Å². The van der Waals surface area contributed by atoms with Crippen molar-refractivity contribution in [2.24, 2.45) is 0 Å². The summed E-state index contributed by atoms with van der Waals surface area (Å²) in [6.45, 7) is -0.123. The molecule has 0 spiro atoms. The second-order valence-electron chi connectivity index (χ2n) is 3.93. The first-order valence-corrected chi connectivity index (χ1v) is 5.48. The number of ether oxygens (including phenoxy) is 1. The van der Waals surface area contributed by atoms with Gasteiger partial charge in [0.25, 0.3) is 5.69 Å². The monoisotopic (exact) mass is 266 g/mol. The number of hydrogen-bond donors (Lipinski definition) is 0. The van der Waals surface area contributed by atoms with Gasteiger partial charge >= 0.3 is 5.97 Å². The second kappa shape index (κ2) is 6.48. The molecule has 19 heavy (non-hydrogen) atoms. The van der Waals surface area contributed by atoms with Gasteiger partial charge in [-0.2, -0.15) is 0 Å². The topological polar surface area (TPSA) is 89.8 Å². The quantitative estimate of drug-likeness (QED) is 0.446. The van der Waals surface area contributed by atoms with E-state index in [4.69, 9.17) is 0 Å². The van der Waals surface area contributed by atoms with Crippen LogP contribution in [0, 0.1) is 10.1 Å². The largest absolute Gasteiger partial charge is 0.468 e. The lowest BCUT2D eigenvalue weighted by Crippen LogP contribution is -2.33. The summed E-state index contributed by atoms with van der Waals surface area (Å²) in [7, 11) is 2.74. The van der Waals surface area contributed by atoms with Crippen molar-refractivity contribution in [1.29, 1.82) is 0 Å². The first kappa shape index (κ1) is 14.6. The van der Waals surface area contributed by atoms with Crippen molar-refractivity contribution in [3.8, 4) is 0 Å². The molecule has 0 radical (unpaired) electrons. The minimum Gasteiger partial charge on any atom is -0.468 e. The lowest BCUT2D eigenvalue weighted by atomic mass is 10.1. The molecule has 0 unspecified atom stereocenters. The number of rotatable bonds is 5. The highest BCUT2D eigenvalue weighted by atomic mass is 16.6. The molecule has 0 N–H and O–H groups in total. The molecule has 0 aliphatic rings. The van der Waals surface area contributed by atoms with Gasteiger partial charge in [-0.05, 0) is 5.56 Å². The summed E-state index contributed by atoms with van der Waals surface area (Å²) in [6.07, 6.45) is 0.0749. The van der Waals surface area contributed by atoms with Crippen LogP contribution in [0.5, 0.6) is 0 Å². The average molecular weight is 266 g/mol. The van der Waals surface area contributed by atoms with Crippen molar-refractivity contribution in [2.75, 3.05) is 20.7 Å². The number of nitro benzene ring substituents is 1. The van der Waals surface area contributed by atoms with E-state index in [1.54, 1.807) is 0 Å². The predicted octanol–water partition coefficient (Wildman–Crippen LogP) is 0.769. The maximum absolute atomic E-state index is 11.8. The molecule has 0 aliphatic heterocycles. The van der Waals surface area contributed by atoms with Gasteiger partial charge in [-0.3, -0.25) is 19.7 Å². The molecular formula is C12H14N2O5. The van der Waals surface area contributed by atoms with Crippen molar-refractivity contribution in [3.05, 3.63) is 39.9 Å². The molecule has 7 nitrogen and oxygen atoms in total. The Morgan fingerprint density at radius 2 is 1.89 bits per heavy atom. The fourth-order valence-corrected chi connectivity index (χ4v) is 1.39. The van der Waals surface area contributed by atoms with Crippen molar-refractivity contribution in [3.63, 3.8) is 0 Å². The molecule has 0 fully saturated rings. The fraction of sp³-hybridized carbons (Fsp3) is 0.333. The van der Waals surface area contributed by atoms with Crippen LogP contribution in [0.1, 0.15) is 5.56 Å². The third kappa shape index (κ3) is 4.38. The Labute approximate surface area is 109 Å². The van der Waals surface area contributed by atoms with Gasteiger partial charge in [-0.1, -0.05) is 12.1 Å². The zero-order chi connectivity index (χ0) is 14.4. The van der Waals surface area contributed by atoms with Crippen LogP contribution in [0.3, 0.4) is 0 Å². The maximum Gasteiger partial charge on any atom is 0.325 e. The molecule has 0 heterocycles. The molecule has 102 valence electrons. The minimum atomic E-state index is -0.505. The number of likely N-dealkylation sites (N-methyl/N-ethyl adjacent to an activating group) is 1. The van der Waals surface area contributed by atoms with E-state index in [2.05, 4.69) is 4.74 Å². The Bertz CT molecular complexity index is 483. The van der Waals surface area contributed by atoms with Gasteiger partial charge in [0.15, 0.2) is 0 Å². The van der Waals surface area contributed by atoms with Crippen LogP contribution in [0.15, 0.2) is 24.3 Å². The molecule has 1 amide bonds. The van der Waals surface area contributed by atoms with Crippen LogP contribution in [-0.2, 0) is 20.7 Å². The average Bonchev–Trinajstić information content (AvgIpc) is 2.38. The van der Waals surface area contributed by atoms with Crippen LogP contribution in [0.2, 0.25) is 0 Å². The number of amides is 1. The lowest BCUT2D eigenvalue weighted by molar-refractivity contribution is -0.384. The highest BCUT2D eigenvalue weighted by molar-refractivity contribution is 5.83. The van der Waals surface area contributed by atoms with Gasteiger partial charge < -0.3 is 9.64 Å². The number of hydrogen-bond acceptors (Lipinski definition) is 5. The van der Waals surface area contributed by atoms with Gasteiger partial charge in [-0.15, -0.1) is 0 Å². The SMILES string of the molecule is COC(=O)CN(C)C(=O)Cc1ccc([N+](=O)[O-])cc1. The van der Waals surface area contributed by atoms with Gasteiger partial charge in [0, 0.05) is 19.2 Å². The number of non-ortho nitro benzene ring substituents is 1. The lowest BCUT2D eigenvalue weighted by Gasteiger charge is -2.15. The molecule has 1 rings (SSSR count). The first-order valence-electron chi connectivity index (χ1n) is 5.48. The molecule has 0 saturated carbocycles. The summed E-state index contributed by atoms with van der Waals surface area (Å²) in [5.41, 5.74) is 0.617. The van der Waals surface area contributed by atoms with E-state index in [0.29, 0.717) is 5.56 Å². The molecular weight excluding hydrogens is 252 g/mol. The highest BCUT2D eigenvalue weighted by Crippen LogP contribution is 2.12. The predicted molar refractivity (Wildman–Crippen MR) is 66.5 cm³/mol. The van der Waals surface area contributed by atoms with Gasteiger partial charge in [0.05, 0.1) is 18.5 Å². The number of esters is 1. The van der Waals surface area contributed by atoms with Crippen LogP contribution in [0.4, 0.5) is 5.69 Å². The Kier molecular flexibility index (Phi) is 4.99. The second-order valence-corrected chi connectivity index (χ2v) is 3.93. The summed E-state index contributed by atoms with van der Waals surface area (Å²) in [5, 5.41) is 10.5. The van der Waals surface area contributed by atoms with E-state index < -0.39 is 10.9 Å². The number of methoxy groups -OCH3 is 1. The van der Waals surface area contributed by atoms with Crippen LogP contribution in [0.25, 0.3) is 0 Å². The zero-order valence-corrected chi connectivity index (χ0v) is 10.7. The van der Waals surface area contributed by atoms with E-state index in [9.17, 15) is 19.7 Å². The van der Waals surface area contributed by atoms with Gasteiger partial charge in [-0.25, -0.2) is 0 Å². The number of carbonyl (C=O) groups excluding carboxylic acids is 2. The number of nitro groups is 1. The Morgan fingerprint density at radius 3 is 2.37 bits per heavy atom. The van der Waals surface area contributed by atoms with E-state index in [1.165, 1.54) is 43.3 Å². The smallest absolute Gasteiger partial charge is 0.325 e.